The lowest BCUT2D eigenvalue weighted by atomic mass is 9.84. The molecule has 0 aromatic carbocycles. The molecule has 2 rings (SSSR count). The van der Waals surface area contributed by atoms with Gasteiger partial charge in [0.15, 0.2) is 0 Å². The molecule has 1 N–H and O–H groups in total. The Hall–Kier alpha value is -0.0400. The van der Waals surface area contributed by atoms with Gasteiger partial charge in [-0.05, 0) is 56.9 Å². The van der Waals surface area contributed by atoms with Crippen molar-refractivity contribution < 1.29 is 0 Å². The minimum atomic E-state index is 0.854. The first-order valence-corrected chi connectivity index (χ1v) is 7.12. The summed E-state index contributed by atoms with van der Waals surface area (Å²) in [4.78, 5) is 0. The second kappa shape index (κ2) is 5.89. The van der Waals surface area contributed by atoms with Crippen molar-refractivity contribution in [1.82, 2.24) is 5.32 Å². The lowest BCUT2D eigenvalue weighted by molar-refractivity contribution is 0.285. The molecule has 1 heteroatoms. The molecule has 0 radical (unpaired) electrons. The van der Waals surface area contributed by atoms with Crippen LogP contribution < -0.4 is 5.32 Å². The molecule has 0 aromatic heterocycles. The summed E-state index contributed by atoms with van der Waals surface area (Å²) in [5.74, 6) is 2.15. The van der Waals surface area contributed by atoms with Crippen LogP contribution in [-0.4, -0.2) is 12.6 Å². The summed E-state index contributed by atoms with van der Waals surface area (Å²) in [6.45, 7) is 3.62. The average Bonchev–Trinajstić information content (AvgIpc) is 3.09. The van der Waals surface area contributed by atoms with E-state index >= 15 is 0 Å². The fourth-order valence-corrected chi connectivity index (χ4v) is 2.88. The van der Waals surface area contributed by atoms with Crippen molar-refractivity contribution in [2.75, 3.05) is 6.54 Å². The number of rotatable bonds is 6. The second-order valence-electron chi connectivity index (χ2n) is 5.67. The third-order valence-electron chi connectivity index (χ3n) is 4.34. The van der Waals surface area contributed by atoms with Crippen molar-refractivity contribution in [3.8, 4) is 0 Å². The van der Waals surface area contributed by atoms with Crippen LogP contribution in [0.25, 0.3) is 0 Å². The molecule has 2 aliphatic carbocycles. The molecular weight excluding hydrogens is 182 g/mol. The molecule has 0 unspecified atom stereocenters. The number of nitrogens with one attached hydrogen (secondary N) is 1. The minimum absolute atomic E-state index is 0.854. The molecule has 2 aliphatic rings. The normalized spacial score (nSPS) is 31.8. The van der Waals surface area contributed by atoms with E-state index in [-0.39, 0.29) is 0 Å². The van der Waals surface area contributed by atoms with E-state index < -0.39 is 0 Å². The van der Waals surface area contributed by atoms with Crippen LogP contribution in [0.1, 0.15) is 64.7 Å². The third kappa shape index (κ3) is 4.14. The van der Waals surface area contributed by atoms with Gasteiger partial charge in [0.1, 0.15) is 0 Å². The lowest BCUT2D eigenvalue weighted by Crippen LogP contribution is -2.33. The van der Waals surface area contributed by atoms with Crippen molar-refractivity contribution in [1.29, 1.82) is 0 Å². The molecule has 0 heterocycles. The molecule has 0 amide bonds. The molecule has 0 aromatic rings. The topological polar surface area (TPSA) is 12.0 Å². The summed E-state index contributed by atoms with van der Waals surface area (Å²) >= 11 is 0. The van der Waals surface area contributed by atoms with E-state index in [1.807, 2.05) is 0 Å². The molecule has 2 fully saturated rings. The van der Waals surface area contributed by atoms with Crippen molar-refractivity contribution in [3.63, 3.8) is 0 Å². The van der Waals surface area contributed by atoms with E-state index in [2.05, 4.69) is 12.2 Å². The summed E-state index contributed by atoms with van der Waals surface area (Å²) in [5, 5.41) is 3.75. The van der Waals surface area contributed by atoms with Gasteiger partial charge in [-0.3, -0.25) is 0 Å². The Labute approximate surface area is 95.0 Å². The van der Waals surface area contributed by atoms with E-state index in [9.17, 15) is 0 Å². The summed E-state index contributed by atoms with van der Waals surface area (Å²) in [6, 6.07) is 0.854. The molecular formula is C14H27N. The number of hydrogen-bond acceptors (Lipinski definition) is 1. The van der Waals surface area contributed by atoms with Gasteiger partial charge in [0, 0.05) is 6.04 Å². The van der Waals surface area contributed by atoms with Crippen molar-refractivity contribution in [2.45, 2.75) is 70.8 Å². The highest BCUT2D eigenvalue weighted by atomic mass is 14.9. The Morgan fingerprint density at radius 3 is 2.20 bits per heavy atom. The highest BCUT2D eigenvalue weighted by molar-refractivity contribution is 4.77. The first kappa shape index (κ1) is 11.4. The van der Waals surface area contributed by atoms with Crippen LogP contribution in [0.5, 0.6) is 0 Å². The maximum absolute atomic E-state index is 3.75. The zero-order valence-corrected chi connectivity index (χ0v) is 10.3. The average molecular weight is 209 g/mol. The molecule has 0 atom stereocenters. The van der Waals surface area contributed by atoms with Gasteiger partial charge in [0.2, 0.25) is 0 Å². The second-order valence-corrected chi connectivity index (χ2v) is 5.67. The van der Waals surface area contributed by atoms with Crippen molar-refractivity contribution >= 4 is 0 Å². The van der Waals surface area contributed by atoms with E-state index in [1.165, 1.54) is 64.3 Å². The molecule has 0 spiro atoms. The van der Waals surface area contributed by atoms with Crippen LogP contribution in [0, 0.1) is 11.8 Å². The van der Waals surface area contributed by atoms with Gasteiger partial charge >= 0.3 is 0 Å². The lowest BCUT2D eigenvalue weighted by Gasteiger charge is -2.28. The van der Waals surface area contributed by atoms with Crippen molar-refractivity contribution in [2.24, 2.45) is 11.8 Å². The smallest absolute Gasteiger partial charge is 0.00672 e. The maximum Gasteiger partial charge on any atom is 0.00672 e. The predicted molar refractivity (Wildman–Crippen MR) is 66.0 cm³/mol. The van der Waals surface area contributed by atoms with Crippen molar-refractivity contribution in [3.05, 3.63) is 0 Å². The van der Waals surface area contributed by atoms with E-state index in [0.29, 0.717) is 0 Å². The first-order valence-electron chi connectivity index (χ1n) is 7.12. The molecule has 88 valence electrons. The fraction of sp³-hybridized carbons (Fsp3) is 1.00. The minimum Gasteiger partial charge on any atom is -0.314 e. The van der Waals surface area contributed by atoms with Gasteiger partial charge < -0.3 is 5.32 Å². The number of hydrogen-bond donors (Lipinski definition) is 1. The first-order chi connectivity index (χ1) is 7.38. The predicted octanol–water partition coefficient (Wildman–Crippen LogP) is 3.74. The highest BCUT2D eigenvalue weighted by Gasteiger charge is 2.21. The Morgan fingerprint density at radius 2 is 1.60 bits per heavy atom. The molecule has 15 heavy (non-hydrogen) atoms. The molecule has 0 bridgehead atoms. The summed E-state index contributed by atoms with van der Waals surface area (Å²) in [5.41, 5.74) is 0. The molecule has 0 aliphatic heterocycles. The van der Waals surface area contributed by atoms with Crippen LogP contribution in [0.15, 0.2) is 0 Å². The zero-order chi connectivity index (χ0) is 10.5. The summed E-state index contributed by atoms with van der Waals surface area (Å²) in [6.07, 6.45) is 13.1. The van der Waals surface area contributed by atoms with Gasteiger partial charge in [-0.2, -0.15) is 0 Å². The van der Waals surface area contributed by atoms with Gasteiger partial charge in [-0.15, -0.1) is 0 Å². The van der Waals surface area contributed by atoms with Crippen LogP contribution in [0.2, 0.25) is 0 Å². The zero-order valence-electron chi connectivity index (χ0n) is 10.3. The monoisotopic (exact) mass is 209 g/mol. The summed E-state index contributed by atoms with van der Waals surface area (Å²) < 4.78 is 0. The van der Waals surface area contributed by atoms with Crippen LogP contribution >= 0.6 is 0 Å². The quantitative estimate of drug-likeness (QED) is 0.657. The molecule has 1 nitrogen and oxygen atoms in total. The summed E-state index contributed by atoms with van der Waals surface area (Å²) in [7, 11) is 0. The largest absolute Gasteiger partial charge is 0.314 e. The van der Waals surface area contributed by atoms with Crippen LogP contribution in [-0.2, 0) is 0 Å². The SMILES string of the molecule is CCC1CCC(NCCCC2CC2)CC1. The third-order valence-corrected chi connectivity index (χ3v) is 4.34. The Morgan fingerprint density at radius 1 is 0.933 bits per heavy atom. The molecule has 2 saturated carbocycles. The van der Waals surface area contributed by atoms with Crippen LogP contribution in [0.4, 0.5) is 0 Å². The van der Waals surface area contributed by atoms with E-state index in [0.717, 1.165) is 17.9 Å². The van der Waals surface area contributed by atoms with E-state index in [4.69, 9.17) is 0 Å². The fourth-order valence-electron chi connectivity index (χ4n) is 2.88. The van der Waals surface area contributed by atoms with E-state index in [1.54, 1.807) is 0 Å². The highest BCUT2D eigenvalue weighted by Crippen LogP contribution is 2.33. The Kier molecular flexibility index (Phi) is 4.49. The van der Waals surface area contributed by atoms with Gasteiger partial charge in [-0.25, -0.2) is 0 Å². The molecule has 0 saturated heterocycles. The maximum atomic E-state index is 3.75. The Bertz CT molecular complexity index is 166. The van der Waals surface area contributed by atoms with Crippen LogP contribution in [0.3, 0.4) is 0 Å². The Balaban J connectivity index is 1.48. The van der Waals surface area contributed by atoms with Gasteiger partial charge in [0.25, 0.3) is 0 Å². The van der Waals surface area contributed by atoms with Gasteiger partial charge in [-0.1, -0.05) is 26.2 Å². The van der Waals surface area contributed by atoms with Gasteiger partial charge in [0.05, 0.1) is 0 Å². The standard InChI is InChI=1S/C14H27N/c1-2-12-7-9-14(10-8-12)15-11-3-4-13-5-6-13/h12-15H,2-11H2,1H3.